The zero-order valence-electron chi connectivity index (χ0n) is 12.2. The van der Waals surface area contributed by atoms with Gasteiger partial charge in [-0.25, -0.2) is 4.57 Å². The van der Waals surface area contributed by atoms with E-state index in [0.29, 0.717) is 0 Å². The minimum absolute atomic E-state index is 0.178. The third kappa shape index (κ3) is 5.04. The molecule has 0 aromatic heterocycles. The van der Waals surface area contributed by atoms with E-state index in [4.69, 9.17) is 39.0 Å². The molecule has 4 radical (unpaired) electrons. The van der Waals surface area contributed by atoms with E-state index in [1.54, 1.807) is 0 Å². The second-order valence-electron chi connectivity index (χ2n) is 5.33. The zero-order chi connectivity index (χ0) is 16.3. The summed E-state index contributed by atoms with van der Waals surface area (Å²) in [6.45, 7) is -0.130. The molecule has 11 heteroatoms. The molecule has 22 heavy (non-hydrogen) atoms. The van der Waals surface area contributed by atoms with Crippen LogP contribution in [0.2, 0.25) is 0 Å². The zero-order valence-corrected chi connectivity index (χ0v) is 13.1. The molecule has 2 N–H and O–H groups in total. The molecule has 2 rings (SSSR count). The van der Waals surface area contributed by atoms with Gasteiger partial charge in [-0.15, -0.1) is 0 Å². The van der Waals surface area contributed by atoms with Crippen molar-refractivity contribution in [3.8, 4) is 0 Å². The third-order valence-electron chi connectivity index (χ3n) is 3.48. The van der Waals surface area contributed by atoms with Gasteiger partial charge in [-0.3, -0.25) is 9.05 Å². The van der Waals surface area contributed by atoms with Crippen LogP contribution in [0.15, 0.2) is 0 Å². The molecule has 0 saturated carbocycles. The Morgan fingerprint density at radius 3 is 2.41 bits per heavy atom. The van der Waals surface area contributed by atoms with Crippen LogP contribution in [0.25, 0.3) is 0 Å². The minimum Gasteiger partial charge on any atom is -0.390 e. The summed E-state index contributed by atoms with van der Waals surface area (Å²) in [5, 5.41) is 9.64. The number of ether oxygens (including phenoxy) is 3. The van der Waals surface area contributed by atoms with Crippen LogP contribution < -0.4 is 0 Å². The van der Waals surface area contributed by atoms with Gasteiger partial charge in [0.15, 0.2) is 0 Å². The van der Waals surface area contributed by atoms with E-state index in [1.807, 2.05) is 0 Å². The van der Waals surface area contributed by atoms with Crippen LogP contribution in [0, 0.1) is 0 Å². The summed E-state index contributed by atoms with van der Waals surface area (Å²) in [7, 11) is 8.27. The summed E-state index contributed by atoms with van der Waals surface area (Å²) < 4.78 is 37.4. The Balaban J connectivity index is 1.83. The highest BCUT2D eigenvalue weighted by molar-refractivity contribution is 7.47. The molecule has 3 unspecified atom stereocenters. The smallest absolute Gasteiger partial charge is 0.390 e. The van der Waals surface area contributed by atoms with Crippen LogP contribution in [-0.4, -0.2) is 82.4 Å². The molecule has 0 aromatic carbocycles. The van der Waals surface area contributed by atoms with Gasteiger partial charge < -0.3 is 24.2 Å². The van der Waals surface area contributed by atoms with Gasteiger partial charge in [-0.05, 0) is 12.8 Å². The summed E-state index contributed by atoms with van der Waals surface area (Å²) in [6.07, 6.45) is -2.40. The van der Waals surface area contributed by atoms with E-state index in [0.717, 1.165) is 0 Å². The van der Waals surface area contributed by atoms with Gasteiger partial charge in [-0.1, -0.05) is 0 Å². The molecular weight excluding hydrogens is 313 g/mol. The van der Waals surface area contributed by atoms with Crippen molar-refractivity contribution in [2.24, 2.45) is 0 Å². The molecule has 2 aliphatic rings. The standard InChI is InChI=1S/C11H19B2O8P/c1-17-4-9-7(3-11(13)20-9)21-22(15,16)18-5-8-6(14)2-10(12)19-8/h6-11,14H,2-5H2,1H3,(H,15,16)/t6?,7?,8-,9-,10-,11-/m1/s1. The number of phosphoric ester groups is 1. The lowest BCUT2D eigenvalue weighted by Crippen LogP contribution is -2.29. The van der Waals surface area contributed by atoms with Crippen LogP contribution in [-0.2, 0) is 27.8 Å². The van der Waals surface area contributed by atoms with E-state index < -0.39 is 44.2 Å². The number of phosphoric acid groups is 1. The lowest BCUT2D eigenvalue weighted by atomic mass is 9.96. The molecule has 2 saturated heterocycles. The Morgan fingerprint density at radius 1 is 1.18 bits per heavy atom. The van der Waals surface area contributed by atoms with Gasteiger partial charge in [0, 0.05) is 19.1 Å². The summed E-state index contributed by atoms with van der Waals surface area (Å²) in [5.74, 6) is 0. The second kappa shape index (κ2) is 7.77. The first-order valence-corrected chi connectivity index (χ1v) is 8.45. The van der Waals surface area contributed by atoms with Crippen LogP contribution in [0.3, 0.4) is 0 Å². The largest absolute Gasteiger partial charge is 0.472 e. The fraction of sp³-hybridized carbons (Fsp3) is 1.00. The number of hydrogen-bond donors (Lipinski definition) is 2. The number of aliphatic hydroxyl groups excluding tert-OH is 1. The number of hydrogen-bond acceptors (Lipinski definition) is 7. The maximum atomic E-state index is 12.0. The monoisotopic (exact) mass is 332 g/mol. The molecule has 0 bridgehead atoms. The average Bonchev–Trinajstić information content (AvgIpc) is 2.90. The van der Waals surface area contributed by atoms with Gasteiger partial charge in [0.25, 0.3) is 0 Å². The molecule has 0 aliphatic carbocycles. The summed E-state index contributed by atoms with van der Waals surface area (Å²) in [5.41, 5.74) is 0. The Labute approximate surface area is 131 Å². The predicted molar refractivity (Wildman–Crippen MR) is 76.6 cm³/mol. The molecule has 2 fully saturated rings. The molecule has 8 nitrogen and oxygen atoms in total. The van der Waals surface area contributed by atoms with Crippen molar-refractivity contribution in [3.63, 3.8) is 0 Å². The highest BCUT2D eigenvalue weighted by atomic mass is 31.2. The molecule has 122 valence electrons. The van der Waals surface area contributed by atoms with E-state index in [1.165, 1.54) is 7.11 Å². The van der Waals surface area contributed by atoms with Crippen molar-refractivity contribution in [2.75, 3.05) is 20.3 Å². The van der Waals surface area contributed by atoms with Crippen molar-refractivity contribution in [3.05, 3.63) is 0 Å². The average molecular weight is 332 g/mol. The third-order valence-corrected chi connectivity index (χ3v) is 4.50. The molecule has 2 heterocycles. The van der Waals surface area contributed by atoms with Gasteiger partial charge in [0.2, 0.25) is 0 Å². The van der Waals surface area contributed by atoms with Gasteiger partial charge in [0.05, 0.1) is 25.4 Å². The summed E-state index contributed by atoms with van der Waals surface area (Å²) in [6, 6.07) is -1.21. The summed E-state index contributed by atoms with van der Waals surface area (Å²) in [4.78, 5) is 9.77. The first kappa shape index (κ1) is 18.4. The van der Waals surface area contributed by atoms with Crippen molar-refractivity contribution in [1.82, 2.24) is 0 Å². The van der Waals surface area contributed by atoms with Crippen LogP contribution >= 0.6 is 7.82 Å². The highest BCUT2D eigenvalue weighted by Crippen LogP contribution is 2.47. The first-order chi connectivity index (χ1) is 10.3. The lowest BCUT2D eigenvalue weighted by molar-refractivity contribution is -0.0310. The van der Waals surface area contributed by atoms with Gasteiger partial charge >= 0.3 is 7.82 Å². The predicted octanol–water partition coefficient (Wildman–Crippen LogP) is -0.937. The Kier molecular flexibility index (Phi) is 6.50. The normalized spacial score (nSPS) is 41.6. The second-order valence-corrected chi connectivity index (χ2v) is 6.73. The quantitative estimate of drug-likeness (QED) is 0.455. The number of rotatable bonds is 7. The van der Waals surface area contributed by atoms with E-state index >= 15 is 0 Å². The SMILES string of the molecule is [B][C@H]1CC(O)[C@@H](COP(=O)(O)OC2C[C@H]([B])O[C@@H]2COC)O1. The molecule has 7 atom stereocenters. The van der Waals surface area contributed by atoms with Crippen molar-refractivity contribution in [1.29, 1.82) is 0 Å². The number of methoxy groups -OCH3 is 1. The van der Waals surface area contributed by atoms with Crippen LogP contribution in [0.1, 0.15) is 12.8 Å². The topological polar surface area (TPSA) is 104 Å². The molecule has 0 amide bonds. The molecule has 0 spiro atoms. The molecule has 0 aromatic rings. The Bertz CT molecular complexity index is 414. The van der Waals surface area contributed by atoms with Crippen molar-refractivity contribution >= 4 is 23.5 Å². The molecular formula is C11H19B2O8P. The lowest BCUT2D eigenvalue weighted by Gasteiger charge is -2.22. The van der Waals surface area contributed by atoms with Gasteiger partial charge in [0.1, 0.15) is 27.9 Å². The van der Waals surface area contributed by atoms with Gasteiger partial charge in [-0.2, -0.15) is 0 Å². The number of aliphatic hydroxyl groups is 1. The highest BCUT2D eigenvalue weighted by Gasteiger charge is 2.40. The first-order valence-electron chi connectivity index (χ1n) is 6.95. The maximum absolute atomic E-state index is 12.0. The van der Waals surface area contributed by atoms with Crippen LogP contribution in [0.5, 0.6) is 0 Å². The molecule has 2 aliphatic heterocycles. The Hall–Kier alpha value is 0.0799. The van der Waals surface area contributed by atoms with E-state index in [9.17, 15) is 14.6 Å². The fourth-order valence-electron chi connectivity index (χ4n) is 2.45. The summed E-state index contributed by atoms with van der Waals surface area (Å²) >= 11 is 0. The maximum Gasteiger partial charge on any atom is 0.472 e. The van der Waals surface area contributed by atoms with E-state index in [2.05, 4.69) is 0 Å². The minimum atomic E-state index is -4.35. The fourth-order valence-corrected chi connectivity index (χ4v) is 3.41. The van der Waals surface area contributed by atoms with E-state index in [-0.39, 0.29) is 26.1 Å². The van der Waals surface area contributed by atoms with Crippen LogP contribution in [0.4, 0.5) is 0 Å². The Morgan fingerprint density at radius 2 is 1.82 bits per heavy atom. The van der Waals surface area contributed by atoms with Crippen molar-refractivity contribution < 1.29 is 37.8 Å². The van der Waals surface area contributed by atoms with Crippen molar-refractivity contribution in [2.45, 2.75) is 49.3 Å².